The fourth-order valence-electron chi connectivity index (χ4n) is 1.26. The van der Waals surface area contributed by atoms with Crippen LogP contribution in [0.2, 0.25) is 0 Å². The van der Waals surface area contributed by atoms with Gasteiger partial charge in [-0.25, -0.2) is 0 Å². The largest absolute Gasteiger partial charge is 0.433 e. The van der Waals surface area contributed by atoms with E-state index in [1.54, 1.807) is 19.9 Å². The first-order valence-electron chi connectivity index (χ1n) is 4.00. The van der Waals surface area contributed by atoms with Crippen LogP contribution in [0.1, 0.15) is 16.7 Å². The van der Waals surface area contributed by atoms with Crippen molar-refractivity contribution in [1.82, 2.24) is 0 Å². The van der Waals surface area contributed by atoms with Gasteiger partial charge in [-0.05, 0) is 31.0 Å². The highest BCUT2D eigenvalue weighted by atomic mass is 19.3. The molecule has 0 aliphatic rings. The summed E-state index contributed by atoms with van der Waals surface area (Å²) < 4.78 is 28.2. The fraction of sp³-hybridized carbons (Fsp3) is 0.300. The van der Waals surface area contributed by atoms with E-state index in [0.29, 0.717) is 5.56 Å². The summed E-state index contributed by atoms with van der Waals surface area (Å²) >= 11 is 0. The average Bonchev–Trinajstić information content (AvgIpc) is 2.01. The molecule has 14 heavy (non-hydrogen) atoms. The van der Waals surface area contributed by atoms with Crippen LogP contribution in [0.4, 0.5) is 8.78 Å². The molecule has 2 nitrogen and oxygen atoms in total. The number of nitrogens with zero attached hydrogens (tertiary/aromatic N) is 1. The van der Waals surface area contributed by atoms with E-state index in [4.69, 9.17) is 5.26 Å². The minimum atomic E-state index is -2.90. The maximum Gasteiger partial charge on any atom is 0.387 e. The lowest BCUT2D eigenvalue weighted by molar-refractivity contribution is -0.0500. The molecule has 1 aromatic rings. The first-order chi connectivity index (χ1) is 6.54. The molecule has 0 saturated heterocycles. The van der Waals surface area contributed by atoms with E-state index in [1.807, 2.05) is 6.07 Å². The molecule has 74 valence electrons. The predicted octanol–water partition coefficient (Wildman–Crippen LogP) is 2.78. The number of nitriles is 1. The summed E-state index contributed by atoms with van der Waals surface area (Å²) in [5, 5.41) is 8.73. The Hall–Kier alpha value is -1.63. The molecular formula is C10H9F2NO. The van der Waals surface area contributed by atoms with Crippen molar-refractivity contribution in [3.05, 3.63) is 28.8 Å². The second kappa shape index (κ2) is 4.05. The van der Waals surface area contributed by atoms with Gasteiger partial charge in [-0.3, -0.25) is 0 Å². The van der Waals surface area contributed by atoms with E-state index < -0.39 is 6.61 Å². The normalized spacial score (nSPS) is 10.0. The molecule has 0 fully saturated rings. The van der Waals surface area contributed by atoms with Crippen LogP contribution in [-0.4, -0.2) is 6.61 Å². The third kappa shape index (κ3) is 2.19. The van der Waals surface area contributed by atoms with Crippen molar-refractivity contribution in [2.24, 2.45) is 0 Å². The molecule has 4 heteroatoms. The van der Waals surface area contributed by atoms with Gasteiger partial charge in [-0.2, -0.15) is 14.0 Å². The van der Waals surface area contributed by atoms with Gasteiger partial charge < -0.3 is 4.74 Å². The molecule has 0 aromatic heterocycles. The van der Waals surface area contributed by atoms with Crippen LogP contribution >= 0.6 is 0 Å². The predicted molar refractivity (Wildman–Crippen MR) is 47.3 cm³/mol. The zero-order valence-electron chi connectivity index (χ0n) is 7.84. The van der Waals surface area contributed by atoms with Gasteiger partial charge in [-0.15, -0.1) is 0 Å². The lowest BCUT2D eigenvalue weighted by atomic mass is 10.1. The molecular weight excluding hydrogens is 188 g/mol. The van der Waals surface area contributed by atoms with Crippen molar-refractivity contribution < 1.29 is 13.5 Å². The number of aryl methyl sites for hydroxylation is 2. The second-order valence-electron chi connectivity index (χ2n) is 2.95. The summed E-state index contributed by atoms with van der Waals surface area (Å²) in [5.74, 6) is -0.0556. The summed E-state index contributed by atoms with van der Waals surface area (Å²) in [6, 6.07) is 5.01. The van der Waals surface area contributed by atoms with Crippen LogP contribution < -0.4 is 4.74 Å². The summed E-state index contributed by atoms with van der Waals surface area (Å²) in [6.07, 6.45) is 0. The first kappa shape index (κ1) is 10.5. The van der Waals surface area contributed by atoms with E-state index in [1.165, 1.54) is 6.07 Å². The molecule has 0 amide bonds. The number of halogens is 2. The lowest BCUT2D eigenvalue weighted by Crippen LogP contribution is -2.04. The van der Waals surface area contributed by atoms with Crippen molar-refractivity contribution in [3.8, 4) is 11.8 Å². The van der Waals surface area contributed by atoms with Crippen molar-refractivity contribution in [3.63, 3.8) is 0 Å². The van der Waals surface area contributed by atoms with Crippen molar-refractivity contribution in [1.29, 1.82) is 5.26 Å². The van der Waals surface area contributed by atoms with E-state index in [0.717, 1.165) is 5.56 Å². The van der Waals surface area contributed by atoms with Crippen molar-refractivity contribution in [2.75, 3.05) is 0 Å². The quantitative estimate of drug-likeness (QED) is 0.730. The van der Waals surface area contributed by atoms with E-state index in [2.05, 4.69) is 4.74 Å². The standard InChI is InChI=1S/C10H9F2NO/c1-6-3-7(2)8(5-13)9(4-6)14-10(11)12/h3-4,10H,1-2H3. The van der Waals surface area contributed by atoms with Gasteiger partial charge in [0.05, 0.1) is 5.56 Å². The van der Waals surface area contributed by atoms with E-state index >= 15 is 0 Å². The molecule has 0 aliphatic carbocycles. The van der Waals surface area contributed by atoms with Crippen LogP contribution in [0.15, 0.2) is 12.1 Å². The topological polar surface area (TPSA) is 33.0 Å². The average molecular weight is 197 g/mol. The smallest absolute Gasteiger partial charge is 0.387 e. The van der Waals surface area contributed by atoms with Gasteiger partial charge in [0, 0.05) is 0 Å². The molecule has 0 heterocycles. The number of ether oxygens (including phenoxy) is 1. The third-order valence-corrected chi connectivity index (χ3v) is 1.77. The molecule has 0 saturated carbocycles. The highest BCUT2D eigenvalue weighted by Crippen LogP contribution is 2.24. The summed E-state index contributed by atoms with van der Waals surface area (Å²) in [6.45, 7) is 0.541. The Morgan fingerprint density at radius 3 is 2.50 bits per heavy atom. The Bertz CT molecular complexity index is 382. The molecule has 0 N–H and O–H groups in total. The zero-order valence-corrected chi connectivity index (χ0v) is 7.84. The van der Waals surface area contributed by atoms with Crippen LogP contribution in [0.25, 0.3) is 0 Å². The van der Waals surface area contributed by atoms with Gasteiger partial charge in [0.1, 0.15) is 11.8 Å². The Morgan fingerprint density at radius 2 is 2.00 bits per heavy atom. The Kier molecular flexibility index (Phi) is 3.03. The summed E-state index contributed by atoms with van der Waals surface area (Å²) in [7, 11) is 0. The SMILES string of the molecule is Cc1cc(C)c(C#N)c(OC(F)F)c1. The van der Waals surface area contributed by atoms with Gasteiger partial charge >= 0.3 is 6.61 Å². The summed E-state index contributed by atoms with van der Waals surface area (Å²) in [4.78, 5) is 0. The van der Waals surface area contributed by atoms with Gasteiger partial charge in [0.25, 0.3) is 0 Å². The molecule has 1 aromatic carbocycles. The molecule has 0 radical (unpaired) electrons. The highest BCUT2D eigenvalue weighted by molar-refractivity contribution is 5.50. The number of alkyl halides is 2. The number of hydrogen-bond acceptors (Lipinski definition) is 2. The van der Waals surface area contributed by atoms with Crippen molar-refractivity contribution in [2.45, 2.75) is 20.5 Å². The van der Waals surface area contributed by atoms with Gasteiger partial charge in [-0.1, -0.05) is 6.07 Å². The fourth-order valence-corrected chi connectivity index (χ4v) is 1.26. The van der Waals surface area contributed by atoms with Gasteiger partial charge in [0.15, 0.2) is 0 Å². The monoisotopic (exact) mass is 197 g/mol. The van der Waals surface area contributed by atoms with Crippen LogP contribution in [0.5, 0.6) is 5.75 Å². The molecule has 0 spiro atoms. The zero-order chi connectivity index (χ0) is 10.7. The Morgan fingerprint density at radius 1 is 1.36 bits per heavy atom. The number of benzene rings is 1. The third-order valence-electron chi connectivity index (χ3n) is 1.77. The molecule has 1 rings (SSSR count). The number of rotatable bonds is 2. The number of hydrogen-bond donors (Lipinski definition) is 0. The summed E-state index contributed by atoms with van der Waals surface area (Å²) in [5.41, 5.74) is 1.59. The minimum absolute atomic E-state index is 0.0556. The minimum Gasteiger partial charge on any atom is -0.433 e. The highest BCUT2D eigenvalue weighted by Gasteiger charge is 2.11. The first-order valence-corrected chi connectivity index (χ1v) is 4.00. The molecule has 0 bridgehead atoms. The Labute approximate surface area is 80.7 Å². The van der Waals surface area contributed by atoms with Crippen LogP contribution in [0, 0.1) is 25.2 Å². The van der Waals surface area contributed by atoms with Crippen LogP contribution in [0.3, 0.4) is 0 Å². The maximum absolute atomic E-state index is 12.0. The second-order valence-corrected chi connectivity index (χ2v) is 2.95. The maximum atomic E-state index is 12.0. The van der Waals surface area contributed by atoms with Crippen LogP contribution in [-0.2, 0) is 0 Å². The Balaban J connectivity index is 3.20. The molecule has 0 unspecified atom stereocenters. The molecule has 0 aliphatic heterocycles. The molecule has 0 atom stereocenters. The van der Waals surface area contributed by atoms with Crippen molar-refractivity contribution >= 4 is 0 Å². The van der Waals surface area contributed by atoms with E-state index in [9.17, 15) is 8.78 Å². The van der Waals surface area contributed by atoms with Gasteiger partial charge in [0.2, 0.25) is 0 Å². The lowest BCUT2D eigenvalue weighted by Gasteiger charge is -2.09. The van der Waals surface area contributed by atoms with E-state index in [-0.39, 0.29) is 11.3 Å².